The molecule has 0 aromatic carbocycles. The number of hydrogen-bond donors (Lipinski definition) is 2. The zero-order chi connectivity index (χ0) is 9.78. The minimum atomic E-state index is -0.416. The molecule has 0 rings (SSSR count). The Labute approximate surface area is 73.5 Å². The van der Waals surface area contributed by atoms with Crippen molar-refractivity contribution in [2.45, 2.75) is 39.3 Å². The lowest BCUT2D eigenvalue weighted by Crippen LogP contribution is -2.42. The van der Waals surface area contributed by atoms with E-state index in [1.54, 1.807) is 6.92 Å². The molecule has 12 heavy (non-hydrogen) atoms. The first-order valence-corrected chi connectivity index (χ1v) is 4.04. The quantitative estimate of drug-likeness (QED) is 0.652. The van der Waals surface area contributed by atoms with Gasteiger partial charge < -0.3 is 15.8 Å². The van der Waals surface area contributed by atoms with Crippen molar-refractivity contribution >= 4 is 6.09 Å². The van der Waals surface area contributed by atoms with Crippen LogP contribution in [-0.2, 0) is 4.74 Å². The van der Waals surface area contributed by atoms with Gasteiger partial charge in [0.15, 0.2) is 0 Å². The van der Waals surface area contributed by atoms with E-state index in [0.717, 1.165) is 0 Å². The molecule has 1 atom stereocenters. The first-order chi connectivity index (χ1) is 5.35. The highest BCUT2D eigenvalue weighted by molar-refractivity contribution is 5.68. The molecule has 4 heteroatoms. The second-order valence-electron chi connectivity index (χ2n) is 3.83. The van der Waals surface area contributed by atoms with Crippen LogP contribution in [0.5, 0.6) is 0 Å². The van der Waals surface area contributed by atoms with Crippen LogP contribution in [0, 0.1) is 0 Å². The first-order valence-electron chi connectivity index (χ1n) is 4.04. The smallest absolute Gasteiger partial charge is 0.407 e. The maximum Gasteiger partial charge on any atom is 0.407 e. The Bertz CT molecular complexity index is 152. The molecule has 0 heterocycles. The van der Waals surface area contributed by atoms with Gasteiger partial charge in [0.25, 0.3) is 0 Å². The van der Waals surface area contributed by atoms with Crippen molar-refractivity contribution < 1.29 is 9.53 Å². The Morgan fingerprint density at radius 1 is 1.58 bits per heavy atom. The molecule has 0 radical (unpaired) electrons. The average Bonchev–Trinajstić information content (AvgIpc) is 1.82. The number of ether oxygens (including phenoxy) is 1. The number of hydrogen-bond acceptors (Lipinski definition) is 3. The lowest BCUT2D eigenvalue weighted by molar-refractivity contribution is 0.104. The second-order valence-corrected chi connectivity index (χ2v) is 3.83. The number of nitrogens with one attached hydrogen (secondary N) is 1. The van der Waals surface area contributed by atoms with Crippen LogP contribution < -0.4 is 11.1 Å². The molecule has 3 N–H and O–H groups in total. The van der Waals surface area contributed by atoms with Gasteiger partial charge in [-0.15, -0.1) is 0 Å². The van der Waals surface area contributed by atoms with E-state index < -0.39 is 6.09 Å². The SMILES string of the molecule is CC(CN)OC(=O)NC(C)(C)C. The van der Waals surface area contributed by atoms with Crippen LogP contribution in [0.3, 0.4) is 0 Å². The number of rotatable bonds is 2. The van der Waals surface area contributed by atoms with Gasteiger partial charge in [-0.2, -0.15) is 0 Å². The number of carbonyl (C=O) groups excluding carboxylic acids is 1. The van der Waals surface area contributed by atoms with Gasteiger partial charge in [-0.05, 0) is 27.7 Å². The minimum Gasteiger partial charge on any atom is -0.445 e. The third kappa shape index (κ3) is 5.97. The summed E-state index contributed by atoms with van der Waals surface area (Å²) in [6, 6.07) is 0. The molecular weight excluding hydrogens is 156 g/mol. The zero-order valence-corrected chi connectivity index (χ0v) is 8.18. The minimum absolute atomic E-state index is 0.229. The highest BCUT2D eigenvalue weighted by Crippen LogP contribution is 1.99. The van der Waals surface area contributed by atoms with Gasteiger partial charge >= 0.3 is 6.09 Å². The number of carbonyl (C=O) groups is 1. The predicted molar refractivity (Wildman–Crippen MR) is 47.9 cm³/mol. The largest absolute Gasteiger partial charge is 0.445 e. The standard InChI is InChI=1S/C8H18N2O2/c1-6(5-9)12-7(11)10-8(2,3)4/h6H,5,9H2,1-4H3,(H,10,11). The summed E-state index contributed by atoms with van der Waals surface area (Å²) in [6.45, 7) is 7.77. The number of amides is 1. The lowest BCUT2D eigenvalue weighted by atomic mass is 10.1. The Morgan fingerprint density at radius 2 is 2.08 bits per heavy atom. The van der Waals surface area contributed by atoms with Crippen LogP contribution in [0.2, 0.25) is 0 Å². The molecule has 4 nitrogen and oxygen atoms in total. The lowest BCUT2D eigenvalue weighted by Gasteiger charge is -2.21. The van der Waals surface area contributed by atoms with Crippen molar-refractivity contribution in [3.63, 3.8) is 0 Å². The molecule has 1 amide bonds. The molecule has 0 bridgehead atoms. The summed E-state index contributed by atoms with van der Waals surface area (Å²) in [5.74, 6) is 0. The Kier molecular flexibility index (Phi) is 4.03. The molecule has 0 saturated carbocycles. The normalized spacial score (nSPS) is 13.8. The van der Waals surface area contributed by atoms with E-state index in [2.05, 4.69) is 5.32 Å². The molecule has 1 unspecified atom stereocenters. The molecule has 0 spiro atoms. The van der Waals surface area contributed by atoms with E-state index in [1.165, 1.54) is 0 Å². The van der Waals surface area contributed by atoms with E-state index >= 15 is 0 Å². The monoisotopic (exact) mass is 174 g/mol. The molecule has 0 aromatic rings. The molecule has 0 saturated heterocycles. The summed E-state index contributed by atoms with van der Waals surface area (Å²) in [4.78, 5) is 11.0. The van der Waals surface area contributed by atoms with Crippen molar-refractivity contribution in [3.05, 3.63) is 0 Å². The molecule has 0 aliphatic rings. The van der Waals surface area contributed by atoms with Gasteiger partial charge in [0.1, 0.15) is 6.10 Å². The van der Waals surface area contributed by atoms with Crippen LogP contribution in [-0.4, -0.2) is 24.3 Å². The Hall–Kier alpha value is -0.770. The van der Waals surface area contributed by atoms with E-state index in [-0.39, 0.29) is 11.6 Å². The van der Waals surface area contributed by atoms with Crippen LogP contribution in [0.4, 0.5) is 4.79 Å². The first kappa shape index (κ1) is 11.2. The second kappa shape index (κ2) is 4.30. The van der Waals surface area contributed by atoms with Crippen LogP contribution in [0.15, 0.2) is 0 Å². The molecule has 72 valence electrons. The van der Waals surface area contributed by atoms with Gasteiger partial charge in [-0.3, -0.25) is 0 Å². The van der Waals surface area contributed by atoms with Crippen molar-refractivity contribution in [1.82, 2.24) is 5.32 Å². The van der Waals surface area contributed by atoms with Crippen molar-refractivity contribution in [1.29, 1.82) is 0 Å². The molecule has 0 aliphatic heterocycles. The fourth-order valence-electron chi connectivity index (χ4n) is 0.566. The summed E-state index contributed by atoms with van der Waals surface area (Å²) in [5.41, 5.74) is 5.02. The fourth-order valence-corrected chi connectivity index (χ4v) is 0.566. The predicted octanol–water partition coefficient (Wildman–Crippen LogP) is 0.858. The molecular formula is C8H18N2O2. The molecule has 0 fully saturated rings. The van der Waals surface area contributed by atoms with Crippen molar-refractivity contribution in [2.24, 2.45) is 5.73 Å². The summed E-state index contributed by atoms with van der Waals surface area (Å²) in [6.07, 6.45) is -0.646. The summed E-state index contributed by atoms with van der Waals surface area (Å²) < 4.78 is 4.90. The van der Waals surface area contributed by atoms with Crippen LogP contribution in [0.1, 0.15) is 27.7 Å². The van der Waals surface area contributed by atoms with Crippen molar-refractivity contribution in [3.8, 4) is 0 Å². The number of alkyl carbamates (subject to hydrolysis) is 1. The highest BCUT2D eigenvalue weighted by atomic mass is 16.6. The van der Waals surface area contributed by atoms with Gasteiger partial charge in [0.05, 0.1) is 0 Å². The fraction of sp³-hybridized carbons (Fsp3) is 0.875. The maximum atomic E-state index is 11.0. The topological polar surface area (TPSA) is 64.3 Å². The highest BCUT2D eigenvalue weighted by Gasteiger charge is 2.15. The van der Waals surface area contributed by atoms with Gasteiger partial charge in [-0.1, -0.05) is 0 Å². The van der Waals surface area contributed by atoms with Gasteiger partial charge in [0.2, 0.25) is 0 Å². The summed E-state index contributed by atoms with van der Waals surface area (Å²) in [7, 11) is 0. The third-order valence-corrected chi connectivity index (χ3v) is 1.12. The Morgan fingerprint density at radius 3 is 2.42 bits per heavy atom. The zero-order valence-electron chi connectivity index (χ0n) is 8.18. The molecule has 0 aliphatic carbocycles. The third-order valence-electron chi connectivity index (χ3n) is 1.12. The van der Waals surface area contributed by atoms with E-state index in [1.807, 2.05) is 20.8 Å². The van der Waals surface area contributed by atoms with E-state index in [4.69, 9.17) is 10.5 Å². The van der Waals surface area contributed by atoms with Crippen LogP contribution >= 0.6 is 0 Å². The maximum absolute atomic E-state index is 11.0. The number of nitrogens with two attached hydrogens (primary N) is 1. The Balaban J connectivity index is 3.75. The van der Waals surface area contributed by atoms with Crippen LogP contribution in [0.25, 0.3) is 0 Å². The van der Waals surface area contributed by atoms with Crippen molar-refractivity contribution in [2.75, 3.05) is 6.54 Å². The van der Waals surface area contributed by atoms with Gasteiger partial charge in [-0.25, -0.2) is 4.79 Å². The van der Waals surface area contributed by atoms with E-state index in [9.17, 15) is 4.79 Å². The molecule has 0 aromatic heterocycles. The average molecular weight is 174 g/mol. The van der Waals surface area contributed by atoms with Gasteiger partial charge in [0, 0.05) is 12.1 Å². The summed E-state index contributed by atoms with van der Waals surface area (Å²) in [5, 5.41) is 2.67. The van der Waals surface area contributed by atoms with E-state index in [0.29, 0.717) is 6.54 Å². The summed E-state index contributed by atoms with van der Waals surface area (Å²) >= 11 is 0.